The minimum Gasteiger partial charge on any atom is -0.463 e. The molecule has 8 heteroatoms. The largest absolute Gasteiger partial charge is 0.463 e. The van der Waals surface area contributed by atoms with E-state index in [-0.39, 0.29) is 30.5 Å². The number of nitrogens with one attached hydrogen (secondary N) is 2. The molecule has 2 unspecified atom stereocenters. The number of ether oxygens (including phenoxy) is 1. The molecule has 2 atom stereocenters. The first-order chi connectivity index (χ1) is 12.8. The summed E-state index contributed by atoms with van der Waals surface area (Å²) in [5.41, 5.74) is -1.14. The molecule has 2 heterocycles. The fourth-order valence-electron chi connectivity index (χ4n) is 3.27. The van der Waals surface area contributed by atoms with Gasteiger partial charge in [-0.3, -0.25) is 4.90 Å². The molecular weight excluding hydrogens is 471 g/mol. The first-order valence-electron chi connectivity index (χ1n) is 9.96. The van der Waals surface area contributed by atoms with Gasteiger partial charge in [-0.2, -0.15) is 0 Å². The van der Waals surface area contributed by atoms with Gasteiger partial charge in [0, 0.05) is 32.2 Å². The lowest BCUT2D eigenvalue weighted by atomic mass is 10.0. The molecule has 1 aliphatic heterocycles. The van der Waals surface area contributed by atoms with Crippen molar-refractivity contribution in [2.24, 2.45) is 10.9 Å². The van der Waals surface area contributed by atoms with Gasteiger partial charge in [-0.25, -0.2) is 4.99 Å². The molecular formula is C20H37IN4O3. The fourth-order valence-corrected chi connectivity index (χ4v) is 3.27. The van der Waals surface area contributed by atoms with E-state index in [9.17, 15) is 5.11 Å². The van der Waals surface area contributed by atoms with Crippen LogP contribution in [0, 0.1) is 12.8 Å². The van der Waals surface area contributed by atoms with Gasteiger partial charge in [-0.15, -0.1) is 24.0 Å². The second-order valence-electron chi connectivity index (χ2n) is 7.72. The molecule has 0 amide bonds. The molecule has 0 radical (unpaired) electrons. The van der Waals surface area contributed by atoms with Gasteiger partial charge < -0.3 is 24.9 Å². The molecule has 3 N–H and O–H groups in total. The highest BCUT2D eigenvalue weighted by Crippen LogP contribution is 2.23. The van der Waals surface area contributed by atoms with Gasteiger partial charge in [0.1, 0.15) is 17.1 Å². The van der Waals surface area contributed by atoms with Crippen molar-refractivity contribution in [3.05, 3.63) is 23.7 Å². The van der Waals surface area contributed by atoms with Crippen molar-refractivity contribution in [2.45, 2.75) is 46.3 Å². The molecule has 0 spiro atoms. The number of furan rings is 1. The van der Waals surface area contributed by atoms with E-state index in [1.54, 1.807) is 13.0 Å². The zero-order chi connectivity index (χ0) is 19.9. The van der Waals surface area contributed by atoms with Crippen molar-refractivity contribution < 1.29 is 14.3 Å². The first-order valence-corrected chi connectivity index (χ1v) is 9.96. The Bertz CT molecular complexity index is 598. The Morgan fingerprint density at radius 1 is 1.29 bits per heavy atom. The van der Waals surface area contributed by atoms with Gasteiger partial charge in [0.2, 0.25) is 0 Å². The summed E-state index contributed by atoms with van der Waals surface area (Å²) in [5, 5.41) is 17.4. The van der Waals surface area contributed by atoms with Gasteiger partial charge in [0.05, 0.1) is 19.8 Å². The number of aliphatic imine (C=N–C) groups is 1. The molecule has 0 aliphatic carbocycles. The maximum Gasteiger partial charge on any atom is 0.191 e. The van der Waals surface area contributed by atoms with Crippen molar-refractivity contribution in [1.29, 1.82) is 0 Å². The van der Waals surface area contributed by atoms with Crippen LogP contribution in [0.15, 0.2) is 21.5 Å². The van der Waals surface area contributed by atoms with E-state index in [1.807, 2.05) is 19.9 Å². The van der Waals surface area contributed by atoms with Gasteiger partial charge in [-0.1, -0.05) is 13.8 Å². The monoisotopic (exact) mass is 508 g/mol. The number of hydrogen-bond donors (Lipinski definition) is 3. The highest BCUT2D eigenvalue weighted by Gasteiger charge is 2.27. The summed E-state index contributed by atoms with van der Waals surface area (Å²) in [7, 11) is 0. The lowest BCUT2D eigenvalue weighted by Gasteiger charge is -2.37. The maximum absolute atomic E-state index is 10.7. The summed E-state index contributed by atoms with van der Waals surface area (Å²) in [6, 6.07) is 4.07. The maximum atomic E-state index is 10.7. The fraction of sp³-hybridized carbons (Fsp3) is 0.750. The Morgan fingerprint density at radius 2 is 1.96 bits per heavy atom. The third-order valence-corrected chi connectivity index (χ3v) is 4.92. The van der Waals surface area contributed by atoms with E-state index in [1.165, 1.54) is 0 Å². The summed E-state index contributed by atoms with van der Waals surface area (Å²) in [6.07, 6.45) is 0. The van der Waals surface area contributed by atoms with E-state index in [2.05, 4.69) is 34.4 Å². The molecule has 1 aromatic heterocycles. The molecule has 28 heavy (non-hydrogen) atoms. The molecule has 1 aromatic rings. The summed E-state index contributed by atoms with van der Waals surface area (Å²) >= 11 is 0. The van der Waals surface area contributed by atoms with Crippen LogP contribution in [-0.2, 0) is 10.3 Å². The van der Waals surface area contributed by atoms with Crippen LogP contribution in [0.25, 0.3) is 0 Å². The first kappa shape index (κ1) is 25.2. The minimum atomic E-state index is -1.14. The molecule has 1 aliphatic rings. The van der Waals surface area contributed by atoms with Gasteiger partial charge in [0.25, 0.3) is 0 Å². The van der Waals surface area contributed by atoms with Crippen LogP contribution >= 0.6 is 24.0 Å². The van der Waals surface area contributed by atoms with Gasteiger partial charge in [-0.05, 0) is 38.8 Å². The molecule has 0 saturated carbocycles. The molecule has 1 fully saturated rings. The molecule has 1 saturated heterocycles. The number of aliphatic hydroxyl groups is 1. The number of guanidine groups is 1. The average molecular weight is 508 g/mol. The number of rotatable bonds is 8. The lowest BCUT2D eigenvalue weighted by molar-refractivity contribution is 0.00749. The number of nitrogens with zero attached hydrogens (tertiary/aromatic N) is 2. The van der Waals surface area contributed by atoms with Crippen LogP contribution in [0.1, 0.15) is 39.2 Å². The topological polar surface area (TPSA) is 82.3 Å². The van der Waals surface area contributed by atoms with Gasteiger partial charge >= 0.3 is 0 Å². The van der Waals surface area contributed by atoms with E-state index in [0.717, 1.165) is 45.2 Å². The number of morpholine rings is 1. The third kappa shape index (κ3) is 7.53. The zero-order valence-electron chi connectivity index (χ0n) is 17.8. The summed E-state index contributed by atoms with van der Waals surface area (Å²) in [6.45, 7) is 15.4. The molecule has 7 nitrogen and oxygen atoms in total. The third-order valence-electron chi connectivity index (χ3n) is 4.92. The standard InChI is InChI=1S/C20H36N4O3.HI/c1-6-21-19(23-14-20(5,25)18-8-7-16(4)27-18)22-13-17(15(2)3)24-9-11-26-12-10-24;/h7-8,15,17,25H,6,9-14H2,1-5H3,(H2,21,22,23);1H. The number of aryl methyl sites for hydroxylation is 1. The van der Waals surface area contributed by atoms with Crippen molar-refractivity contribution >= 4 is 29.9 Å². The van der Waals surface area contributed by atoms with Crippen molar-refractivity contribution in [3.63, 3.8) is 0 Å². The SMILES string of the molecule is CCNC(=NCC(C)(O)c1ccc(C)o1)NCC(C(C)C)N1CCOCC1.I. The number of hydrogen-bond acceptors (Lipinski definition) is 5. The Morgan fingerprint density at radius 3 is 2.50 bits per heavy atom. The summed E-state index contributed by atoms with van der Waals surface area (Å²) in [4.78, 5) is 7.07. The van der Waals surface area contributed by atoms with Crippen LogP contribution in [-0.4, -0.2) is 67.9 Å². The predicted molar refractivity (Wildman–Crippen MR) is 123 cm³/mol. The van der Waals surface area contributed by atoms with Crippen molar-refractivity contribution in [1.82, 2.24) is 15.5 Å². The molecule has 0 aromatic carbocycles. The Balaban J connectivity index is 0.00000392. The summed E-state index contributed by atoms with van der Waals surface area (Å²) in [5.74, 6) is 2.55. The quantitative estimate of drug-likeness (QED) is 0.284. The molecule has 162 valence electrons. The smallest absolute Gasteiger partial charge is 0.191 e. The van der Waals surface area contributed by atoms with Crippen LogP contribution in [0.2, 0.25) is 0 Å². The zero-order valence-corrected chi connectivity index (χ0v) is 20.2. The van der Waals surface area contributed by atoms with E-state index >= 15 is 0 Å². The minimum absolute atomic E-state index is 0. The second kappa shape index (κ2) is 12.0. The average Bonchev–Trinajstić information content (AvgIpc) is 3.08. The molecule has 0 bridgehead atoms. The van der Waals surface area contributed by atoms with E-state index in [4.69, 9.17) is 9.15 Å². The van der Waals surface area contributed by atoms with Crippen LogP contribution in [0.5, 0.6) is 0 Å². The van der Waals surface area contributed by atoms with Crippen LogP contribution < -0.4 is 10.6 Å². The van der Waals surface area contributed by atoms with Crippen LogP contribution in [0.4, 0.5) is 0 Å². The Kier molecular flexibility index (Phi) is 10.8. The van der Waals surface area contributed by atoms with Crippen molar-refractivity contribution in [2.75, 3.05) is 45.9 Å². The van der Waals surface area contributed by atoms with Gasteiger partial charge in [0.15, 0.2) is 5.96 Å². The van der Waals surface area contributed by atoms with Crippen molar-refractivity contribution in [3.8, 4) is 0 Å². The highest BCUT2D eigenvalue weighted by atomic mass is 127. The van der Waals surface area contributed by atoms with E-state index < -0.39 is 5.60 Å². The van der Waals surface area contributed by atoms with Crippen LogP contribution in [0.3, 0.4) is 0 Å². The van der Waals surface area contributed by atoms with E-state index in [0.29, 0.717) is 23.7 Å². The normalized spacial score (nSPS) is 19.0. The lowest BCUT2D eigenvalue weighted by Crippen LogP contribution is -2.52. The second-order valence-corrected chi connectivity index (χ2v) is 7.72. The Labute approximate surface area is 186 Å². The Hall–Kier alpha value is -0.840. The number of halogens is 1. The predicted octanol–water partition coefficient (Wildman–Crippen LogP) is 2.33. The molecule has 2 rings (SSSR count). The summed E-state index contributed by atoms with van der Waals surface area (Å²) < 4.78 is 11.0. The highest BCUT2D eigenvalue weighted by molar-refractivity contribution is 14.0.